The summed E-state index contributed by atoms with van der Waals surface area (Å²) in [7, 11) is 3.45. The first-order chi connectivity index (χ1) is 6.72. The van der Waals surface area contributed by atoms with Gasteiger partial charge in [-0.2, -0.15) is 0 Å². The van der Waals surface area contributed by atoms with Crippen LogP contribution in [0.15, 0.2) is 0 Å². The van der Waals surface area contributed by atoms with Gasteiger partial charge in [-0.25, -0.2) is 0 Å². The van der Waals surface area contributed by atoms with E-state index in [0.717, 1.165) is 32.7 Å². The molecule has 4 heteroatoms. The van der Waals surface area contributed by atoms with Crippen molar-refractivity contribution in [2.24, 2.45) is 5.92 Å². The second-order valence-corrected chi connectivity index (χ2v) is 3.82. The highest BCUT2D eigenvalue weighted by atomic mass is 16.5. The van der Waals surface area contributed by atoms with Gasteiger partial charge in [0.05, 0.1) is 20.1 Å². The predicted octanol–water partition coefficient (Wildman–Crippen LogP) is 0.518. The Bertz CT molecular complexity index is 178. The SMILES string of the molecule is COC(=O)CCN(C)CC1CCOC1. The standard InChI is InChI=1S/C10H19NO3/c1-11(5-3-10(12)13-2)7-9-4-6-14-8-9/h9H,3-8H2,1-2H3. The largest absolute Gasteiger partial charge is 0.469 e. The molecule has 0 bridgehead atoms. The molecule has 1 heterocycles. The molecule has 0 aliphatic carbocycles. The molecular formula is C10H19NO3. The Hall–Kier alpha value is -0.610. The topological polar surface area (TPSA) is 38.8 Å². The number of hydrogen-bond donors (Lipinski definition) is 0. The molecule has 4 nitrogen and oxygen atoms in total. The van der Waals surface area contributed by atoms with Gasteiger partial charge >= 0.3 is 5.97 Å². The molecule has 0 N–H and O–H groups in total. The number of carbonyl (C=O) groups excluding carboxylic acids is 1. The van der Waals surface area contributed by atoms with Gasteiger partial charge in [-0.05, 0) is 19.4 Å². The van der Waals surface area contributed by atoms with Crippen molar-refractivity contribution in [2.45, 2.75) is 12.8 Å². The van der Waals surface area contributed by atoms with Crippen LogP contribution in [0.3, 0.4) is 0 Å². The van der Waals surface area contributed by atoms with Crippen molar-refractivity contribution in [1.29, 1.82) is 0 Å². The summed E-state index contributed by atoms with van der Waals surface area (Å²) in [5.74, 6) is 0.497. The fraction of sp³-hybridized carbons (Fsp3) is 0.900. The number of esters is 1. The van der Waals surface area contributed by atoms with Crippen LogP contribution in [0.2, 0.25) is 0 Å². The minimum Gasteiger partial charge on any atom is -0.469 e. The van der Waals surface area contributed by atoms with E-state index in [0.29, 0.717) is 12.3 Å². The summed E-state index contributed by atoms with van der Waals surface area (Å²) >= 11 is 0. The zero-order valence-corrected chi connectivity index (χ0v) is 8.99. The van der Waals surface area contributed by atoms with Crippen molar-refractivity contribution in [2.75, 3.05) is 40.5 Å². The maximum Gasteiger partial charge on any atom is 0.306 e. The highest BCUT2D eigenvalue weighted by Crippen LogP contribution is 2.13. The summed E-state index contributed by atoms with van der Waals surface area (Å²) in [6.45, 7) is 3.53. The lowest BCUT2D eigenvalue weighted by Gasteiger charge is -2.19. The summed E-state index contributed by atoms with van der Waals surface area (Å²) in [6.07, 6.45) is 1.61. The lowest BCUT2D eigenvalue weighted by Crippen LogP contribution is -2.28. The monoisotopic (exact) mass is 201 g/mol. The summed E-state index contributed by atoms with van der Waals surface area (Å²) in [5.41, 5.74) is 0. The van der Waals surface area contributed by atoms with Crippen molar-refractivity contribution in [3.05, 3.63) is 0 Å². The zero-order valence-electron chi connectivity index (χ0n) is 8.99. The van der Waals surface area contributed by atoms with E-state index < -0.39 is 0 Å². The summed E-state index contributed by atoms with van der Waals surface area (Å²) in [4.78, 5) is 13.0. The molecule has 1 saturated heterocycles. The Morgan fingerprint density at radius 2 is 2.43 bits per heavy atom. The zero-order chi connectivity index (χ0) is 10.4. The molecule has 1 aliphatic rings. The van der Waals surface area contributed by atoms with Crippen LogP contribution in [0.5, 0.6) is 0 Å². The van der Waals surface area contributed by atoms with Crippen molar-refractivity contribution in [3.8, 4) is 0 Å². The van der Waals surface area contributed by atoms with E-state index in [1.807, 2.05) is 7.05 Å². The molecule has 82 valence electrons. The van der Waals surface area contributed by atoms with Gasteiger partial charge in [-0.15, -0.1) is 0 Å². The first-order valence-electron chi connectivity index (χ1n) is 5.05. The van der Waals surface area contributed by atoms with Crippen LogP contribution < -0.4 is 0 Å². The smallest absolute Gasteiger partial charge is 0.306 e. The van der Waals surface area contributed by atoms with Crippen LogP contribution in [0.25, 0.3) is 0 Å². The van der Waals surface area contributed by atoms with Crippen molar-refractivity contribution in [1.82, 2.24) is 4.90 Å². The normalized spacial score (nSPS) is 21.5. The third-order valence-corrected chi connectivity index (χ3v) is 2.52. The maximum absolute atomic E-state index is 10.9. The molecule has 1 aliphatic heterocycles. The second kappa shape index (κ2) is 5.98. The fourth-order valence-corrected chi connectivity index (χ4v) is 1.64. The lowest BCUT2D eigenvalue weighted by atomic mass is 10.1. The van der Waals surface area contributed by atoms with E-state index in [9.17, 15) is 4.79 Å². The third kappa shape index (κ3) is 4.07. The van der Waals surface area contributed by atoms with Gasteiger partial charge in [0.2, 0.25) is 0 Å². The molecule has 0 amide bonds. The van der Waals surface area contributed by atoms with Crippen molar-refractivity contribution < 1.29 is 14.3 Å². The molecule has 1 rings (SSSR count). The first kappa shape index (κ1) is 11.5. The van der Waals surface area contributed by atoms with Crippen LogP contribution >= 0.6 is 0 Å². The first-order valence-corrected chi connectivity index (χ1v) is 5.05. The molecule has 1 fully saturated rings. The Morgan fingerprint density at radius 1 is 1.64 bits per heavy atom. The summed E-state index contributed by atoms with van der Waals surface area (Å²) in [6, 6.07) is 0. The molecule has 1 unspecified atom stereocenters. The van der Waals surface area contributed by atoms with E-state index in [1.165, 1.54) is 7.11 Å². The fourth-order valence-electron chi connectivity index (χ4n) is 1.64. The molecule has 0 radical (unpaired) electrons. The number of methoxy groups -OCH3 is 1. The highest BCUT2D eigenvalue weighted by Gasteiger charge is 2.17. The van der Waals surface area contributed by atoms with Crippen LogP contribution in [0.1, 0.15) is 12.8 Å². The van der Waals surface area contributed by atoms with Gasteiger partial charge in [-0.1, -0.05) is 0 Å². The van der Waals surface area contributed by atoms with Gasteiger partial charge in [0.1, 0.15) is 0 Å². The van der Waals surface area contributed by atoms with Gasteiger partial charge in [0, 0.05) is 19.7 Å². The molecule has 0 saturated carbocycles. The average molecular weight is 201 g/mol. The van der Waals surface area contributed by atoms with Gasteiger partial charge < -0.3 is 14.4 Å². The van der Waals surface area contributed by atoms with Crippen LogP contribution in [-0.2, 0) is 14.3 Å². The summed E-state index contributed by atoms with van der Waals surface area (Å²) < 4.78 is 9.87. The van der Waals surface area contributed by atoms with Crippen LogP contribution in [-0.4, -0.2) is 51.3 Å². The molecule has 14 heavy (non-hydrogen) atoms. The number of nitrogens with zero attached hydrogens (tertiary/aromatic N) is 1. The minimum absolute atomic E-state index is 0.139. The number of ether oxygens (including phenoxy) is 2. The van der Waals surface area contributed by atoms with E-state index in [4.69, 9.17) is 4.74 Å². The molecule has 0 aromatic rings. The van der Waals surface area contributed by atoms with Gasteiger partial charge in [-0.3, -0.25) is 4.79 Å². The van der Waals surface area contributed by atoms with E-state index in [2.05, 4.69) is 9.64 Å². The maximum atomic E-state index is 10.9. The van der Waals surface area contributed by atoms with Crippen LogP contribution in [0, 0.1) is 5.92 Å². The molecule has 0 aromatic heterocycles. The van der Waals surface area contributed by atoms with Crippen molar-refractivity contribution >= 4 is 5.97 Å². The molecule has 0 spiro atoms. The summed E-state index contributed by atoms with van der Waals surface area (Å²) in [5, 5.41) is 0. The Labute approximate surface area is 85.2 Å². The predicted molar refractivity (Wildman–Crippen MR) is 53.1 cm³/mol. The van der Waals surface area contributed by atoms with E-state index >= 15 is 0 Å². The molecule has 0 aromatic carbocycles. The average Bonchev–Trinajstić information content (AvgIpc) is 2.66. The van der Waals surface area contributed by atoms with E-state index in [-0.39, 0.29) is 5.97 Å². The number of hydrogen-bond acceptors (Lipinski definition) is 4. The Kier molecular flexibility index (Phi) is 4.90. The van der Waals surface area contributed by atoms with Crippen LogP contribution in [0.4, 0.5) is 0 Å². The Balaban J connectivity index is 2.08. The quantitative estimate of drug-likeness (QED) is 0.608. The molecule has 1 atom stereocenters. The number of carbonyl (C=O) groups is 1. The Morgan fingerprint density at radius 3 is 3.00 bits per heavy atom. The van der Waals surface area contributed by atoms with Gasteiger partial charge in [0.25, 0.3) is 0 Å². The lowest BCUT2D eigenvalue weighted by molar-refractivity contribution is -0.140. The van der Waals surface area contributed by atoms with E-state index in [1.54, 1.807) is 0 Å². The number of rotatable bonds is 5. The minimum atomic E-state index is -0.139. The molecular weight excluding hydrogens is 182 g/mol. The second-order valence-electron chi connectivity index (χ2n) is 3.82. The van der Waals surface area contributed by atoms with Gasteiger partial charge in [0.15, 0.2) is 0 Å². The third-order valence-electron chi connectivity index (χ3n) is 2.52. The van der Waals surface area contributed by atoms with Crippen molar-refractivity contribution in [3.63, 3.8) is 0 Å². The highest BCUT2D eigenvalue weighted by molar-refractivity contribution is 5.69.